The Morgan fingerprint density at radius 2 is 1.80 bits per heavy atom. The third kappa shape index (κ3) is 7.31. The van der Waals surface area contributed by atoms with Gasteiger partial charge in [0.05, 0.1) is 26.2 Å². The van der Waals surface area contributed by atoms with Gasteiger partial charge in [-0.25, -0.2) is 0 Å². The topological polar surface area (TPSA) is 110 Å². The molecule has 0 amide bonds. The zero-order chi connectivity index (χ0) is 22.5. The molecule has 0 radical (unpaired) electrons. The van der Waals surface area contributed by atoms with Crippen molar-refractivity contribution in [2.45, 2.75) is 96.0 Å². The molecule has 1 N–H and O–H groups in total. The molecule has 0 unspecified atom stereocenters. The molecule has 30 heavy (non-hydrogen) atoms. The lowest BCUT2D eigenvalue weighted by Gasteiger charge is -2.41. The minimum atomic E-state index is -1.25. The second kappa shape index (κ2) is 10.2. The maximum absolute atomic E-state index is 11.7. The second-order valence-corrected chi connectivity index (χ2v) is 8.42. The molecule has 0 aromatic heterocycles. The van der Waals surface area contributed by atoms with Crippen LogP contribution in [-0.4, -0.2) is 72.9 Å². The minimum Gasteiger partial charge on any atom is -0.469 e. The number of rotatable bonds is 9. The number of carbonyl (C=O) groups is 2. The molecule has 2 fully saturated rings. The van der Waals surface area contributed by atoms with E-state index in [4.69, 9.17) is 23.7 Å². The van der Waals surface area contributed by atoms with Gasteiger partial charge in [-0.3, -0.25) is 9.59 Å². The molecule has 9 nitrogen and oxygen atoms in total. The Morgan fingerprint density at radius 1 is 1.13 bits per heavy atom. The maximum atomic E-state index is 11.7. The molecule has 172 valence electrons. The summed E-state index contributed by atoms with van der Waals surface area (Å²) in [6.07, 6.45) is 1.99. The van der Waals surface area contributed by atoms with Crippen LogP contribution in [0.3, 0.4) is 0 Å². The van der Waals surface area contributed by atoms with E-state index >= 15 is 0 Å². The average molecular weight is 430 g/mol. The Morgan fingerprint density at radius 3 is 2.40 bits per heavy atom. The van der Waals surface area contributed by atoms with E-state index in [1.54, 1.807) is 39.8 Å². The predicted octanol–water partition coefficient (Wildman–Crippen LogP) is 1.85. The normalized spacial score (nSPS) is 30.8. The summed E-state index contributed by atoms with van der Waals surface area (Å²) in [6, 6.07) is 0. The van der Waals surface area contributed by atoms with E-state index in [1.807, 2.05) is 0 Å². The third-order valence-electron chi connectivity index (χ3n) is 4.78. The van der Waals surface area contributed by atoms with Crippen LogP contribution < -0.4 is 0 Å². The lowest BCUT2D eigenvalue weighted by molar-refractivity contribution is -0.217. The van der Waals surface area contributed by atoms with Crippen LogP contribution in [-0.2, 0) is 38.0 Å². The summed E-state index contributed by atoms with van der Waals surface area (Å²) in [4.78, 5) is 23.0. The van der Waals surface area contributed by atoms with Crippen molar-refractivity contribution in [1.29, 1.82) is 0 Å². The SMILES string of the molecule is COC(=O)C/C=C/C[C@@H]1O[C@@H](CCOC(C)(C)O)[C@H]2OC(C)(C)O[C@H]2[C@H]1OC(C)=O. The molecule has 0 saturated carbocycles. The van der Waals surface area contributed by atoms with Crippen molar-refractivity contribution >= 4 is 11.9 Å². The van der Waals surface area contributed by atoms with Gasteiger partial charge < -0.3 is 33.5 Å². The Kier molecular flexibility index (Phi) is 8.41. The van der Waals surface area contributed by atoms with Gasteiger partial charge in [-0.2, -0.15) is 0 Å². The van der Waals surface area contributed by atoms with Gasteiger partial charge in [0.25, 0.3) is 0 Å². The predicted molar refractivity (Wildman–Crippen MR) is 105 cm³/mol. The van der Waals surface area contributed by atoms with Crippen LogP contribution in [0.2, 0.25) is 0 Å². The number of ether oxygens (including phenoxy) is 6. The highest BCUT2D eigenvalue weighted by Gasteiger charge is 2.56. The molecule has 2 aliphatic heterocycles. The third-order valence-corrected chi connectivity index (χ3v) is 4.78. The van der Waals surface area contributed by atoms with Crippen molar-refractivity contribution in [2.75, 3.05) is 13.7 Å². The number of esters is 2. The molecule has 0 spiro atoms. The number of methoxy groups -OCH3 is 1. The van der Waals surface area contributed by atoms with E-state index in [1.165, 1.54) is 14.0 Å². The lowest BCUT2D eigenvalue weighted by Crippen LogP contribution is -2.57. The van der Waals surface area contributed by atoms with Gasteiger partial charge in [0.1, 0.15) is 18.3 Å². The summed E-state index contributed by atoms with van der Waals surface area (Å²) in [6.45, 7) is 8.30. The van der Waals surface area contributed by atoms with Crippen molar-refractivity contribution in [1.82, 2.24) is 0 Å². The number of hydrogen-bond acceptors (Lipinski definition) is 9. The molecule has 2 saturated heterocycles. The molecule has 5 atom stereocenters. The molecule has 2 heterocycles. The first-order chi connectivity index (χ1) is 13.9. The summed E-state index contributed by atoms with van der Waals surface area (Å²) in [7, 11) is 1.33. The highest BCUT2D eigenvalue weighted by Crippen LogP contribution is 2.40. The molecule has 9 heteroatoms. The van der Waals surface area contributed by atoms with E-state index < -0.39 is 42.0 Å². The molecule has 2 aliphatic rings. The summed E-state index contributed by atoms with van der Waals surface area (Å²) in [5.41, 5.74) is 0. The number of carbonyl (C=O) groups excluding carboxylic acids is 2. The van der Waals surface area contributed by atoms with E-state index in [0.29, 0.717) is 12.8 Å². The summed E-state index contributed by atoms with van der Waals surface area (Å²) >= 11 is 0. The van der Waals surface area contributed by atoms with Crippen molar-refractivity contribution in [3.63, 3.8) is 0 Å². The first kappa shape index (κ1) is 24.7. The molecular formula is C21H34O9. The summed E-state index contributed by atoms with van der Waals surface area (Å²) < 4.78 is 34.0. The van der Waals surface area contributed by atoms with E-state index in [9.17, 15) is 14.7 Å². The van der Waals surface area contributed by atoms with Crippen LogP contribution in [0, 0.1) is 0 Å². The van der Waals surface area contributed by atoms with Gasteiger partial charge in [0.15, 0.2) is 17.7 Å². The highest BCUT2D eigenvalue weighted by atomic mass is 16.8. The van der Waals surface area contributed by atoms with E-state index in [2.05, 4.69) is 4.74 Å². The fourth-order valence-corrected chi connectivity index (χ4v) is 3.62. The van der Waals surface area contributed by atoms with Gasteiger partial charge >= 0.3 is 11.9 Å². The smallest absolute Gasteiger partial charge is 0.309 e. The Balaban J connectivity index is 2.15. The summed E-state index contributed by atoms with van der Waals surface area (Å²) in [5.74, 6) is -2.90. The van der Waals surface area contributed by atoms with Crippen molar-refractivity contribution in [3.8, 4) is 0 Å². The average Bonchev–Trinajstić information content (AvgIpc) is 2.95. The van der Waals surface area contributed by atoms with Gasteiger partial charge in [-0.15, -0.1) is 0 Å². The van der Waals surface area contributed by atoms with Gasteiger partial charge in [-0.1, -0.05) is 12.2 Å². The number of hydrogen-bond donors (Lipinski definition) is 1. The van der Waals surface area contributed by atoms with Crippen molar-refractivity contribution < 1.29 is 43.1 Å². The van der Waals surface area contributed by atoms with Gasteiger partial charge in [0.2, 0.25) is 0 Å². The van der Waals surface area contributed by atoms with Crippen molar-refractivity contribution in [2.24, 2.45) is 0 Å². The zero-order valence-corrected chi connectivity index (χ0v) is 18.6. The second-order valence-electron chi connectivity index (χ2n) is 8.42. The first-order valence-electron chi connectivity index (χ1n) is 10.2. The zero-order valence-electron chi connectivity index (χ0n) is 18.6. The molecular weight excluding hydrogens is 396 g/mol. The van der Waals surface area contributed by atoms with E-state index in [0.717, 1.165) is 0 Å². The van der Waals surface area contributed by atoms with Crippen LogP contribution in [0.1, 0.15) is 53.9 Å². The Hall–Kier alpha value is -1.52. The summed E-state index contributed by atoms with van der Waals surface area (Å²) in [5, 5.41) is 9.80. The Labute approximate surface area is 177 Å². The lowest BCUT2D eigenvalue weighted by atomic mass is 9.91. The van der Waals surface area contributed by atoms with Crippen LogP contribution in [0.4, 0.5) is 0 Å². The van der Waals surface area contributed by atoms with Crippen LogP contribution in [0.25, 0.3) is 0 Å². The van der Waals surface area contributed by atoms with Crippen LogP contribution in [0.15, 0.2) is 12.2 Å². The monoisotopic (exact) mass is 430 g/mol. The highest BCUT2D eigenvalue weighted by molar-refractivity contribution is 5.70. The van der Waals surface area contributed by atoms with E-state index in [-0.39, 0.29) is 25.1 Å². The largest absolute Gasteiger partial charge is 0.469 e. The first-order valence-corrected chi connectivity index (χ1v) is 10.2. The standard InChI is InChI=1S/C21H34O9/c1-13(22)27-17-14(9-7-8-10-16(23)25-6)28-15(11-12-26-20(2,3)24)18-19(17)30-21(4,5)29-18/h7-8,14-15,17-19,24H,9-12H2,1-6H3/b8-7+/t14-,15-,17-,18+,19-/m0/s1. The van der Waals surface area contributed by atoms with Crippen LogP contribution >= 0.6 is 0 Å². The fourth-order valence-electron chi connectivity index (χ4n) is 3.62. The number of fused-ring (bicyclic) bond motifs is 1. The number of aliphatic hydroxyl groups is 1. The minimum absolute atomic E-state index is 0.142. The molecule has 0 aromatic carbocycles. The van der Waals surface area contributed by atoms with Crippen LogP contribution in [0.5, 0.6) is 0 Å². The molecule has 2 rings (SSSR count). The molecule has 0 aliphatic carbocycles. The molecule has 0 aromatic rings. The maximum Gasteiger partial charge on any atom is 0.309 e. The quantitative estimate of drug-likeness (QED) is 0.333. The van der Waals surface area contributed by atoms with Gasteiger partial charge in [-0.05, 0) is 40.5 Å². The van der Waals surface area contributed by atoms with Gasteiger partial charge in [0, 0.05) is 6.92 Å². The van der Waals surface area contributed by atoms with Crippen molar-refractivity contribution in [3.05, 3.63) is 12.2 Å². The molecule has 0 bridgehead atoms. The Bertz CT molecular complexity index is 622. The fraction of sp³-hybridized carbons (Fsp3) is 0.810.